The van der Waals surface area contributed by atoms with Gasteiger partial charge in [0.15, 0.2) is 0 Å². The number of anilines is 1. The van der Waals surface area contributed by atoms with Crippen LogP contribution in [0.25, 0.3) is 11.1 Å². The zero-order valence-electron chi connectivity index (χ0n) is 26.0. The molecule has 0 bridgehead atoms. The molecule has 0 aliphatic heterocycles. The van der Waals surface area contributed by atoms with E-state index < -0.39 is 30.1 Å². The summed E-state index contributed by atoms with van der Waals surface area (Å²) < 4.78 is 4.89. The van der Waals surface area contributed by atoms with Crippen LogP contribution >= 0.6 is 0 Å². The van der Waals surface area contributed by atoms with Crippen LogP contribution in [0, 0.1) is 0 Å². The second kappa shape index (κ2) is 20.0. The number of hydrogen-bond donors (Lipinski definition) is 5. The molecular weight excluding hydrogens is 586 g/mol. The number of nitrogens with one attached hydrogen (secondary N) is 4. The second-order valence-corrected chi connectivity index (χ2v) is 10.7. The molecule has 0 saturated heterocycles. The van der Waals surface area contributed by atoms with Gasteiger partial charge in [0.2, 0.25) is 11.8 Å². The number of carbonyl (C=O) groups is 4. The summed E-state index contributed by atoms with van der Waals surface area (Å²) in [5, 5.41) is 21.1. The number of aromatic nitrogens is 1. The van der Waals surface area contributed by atoms with E-state index in [1.807, 2.05) is 60.7 Å². The van der Waals surface area contributed by atoms with Gasteiger partial charge in [-0.2, -0.15) is 0 Å². The molecule has 3 aromatic rings. The minimum Gasteiger partial charge on any atom is -0.481 e. The van der Waals surface area contributed by atoms with Gasteiger partial charge in [-0.3, -0.25) is 14.4 Å². The van der Waals surface area contributed by atoms with Crippen molar-refractivity contribution in [3.05, 3.63) is 97.2 Å². The van der Waals surface area contributed by atoms with E-state index >= 15 is 0 Å². The Labute approximate surface area is 269 Å². The lowest BCUT2D eigenvalue weighted by Gasteiger charge is -2.23. The molecule has 0 aliphatic rings. The first-order chi connectivity index (χ1) is 22.4. The first-order valence-corrected chi connectivity index (χ1v) is 15.5. The van der Waals surface area contributed by atoms with E-state index in [1.165, 1.54) is 6.08 Å². The van der Waals surface area contributed by atoms with Gasteiger partial charge < -0.3 is 31.1 Å². The lowest BCUT2D eigenvalue weighted by molar-refractivity contribution is -0.138. The molecule has 2 atom stereocenters. The zero-order valence-corrected chi connectivity index (χ0v) is 26.0. The number of benzene rings is 2. The number of pyridine rings is 1. The van der Waals surface area contributed by atoms with Crippen LogP contribution in [0.4, 0.5) is 10.6 Å². The van der Waals surface area contributed by atoms with Gasteiger partial charge in [-0.25, -0.2) is 9.78 Å². The van der Waals surface area contributed by atoms with Crippen LogP contribution in [-0.2, 0) is 19.1 Å². The first-order valence-electron chi connectivity index (χ1n) is 15.5. The summed E-state index contributed by atoms with van der Waals surface area (Å²) in [5.74, 6) is -1.04. The molecule has 3 rings (SSSR count). The highest BCUT2D eigenvalue weighted by molar-refractivity contribution is 5.88. The monoisotopic (exact) mass is 629 g/mol. The fraction of sp³-hybridized carbons (Fsp3) is 0.343. The second-order valence-electron chi connectivity index (χ2n) is 10.7. The summed E-state index contributed by atoms with van der Waals surface area (Å²) in [4.78, 5) is 54.0. The van der Waals surface area contributed by atoms with Gasteiger partial charge in [0.05, 0.1) is 12.5 Å². The SMILES string of the molecule is C=CCOC(=O)NCCCC[C@H](NC(=O)CCCCNc1ccccn1)C(=O)NC(CC(=O)O)c1ccc(-c2ccccc2)cc1. The molecule has 11 heteroatoms. The maximum Gasteiger partial charge on any atom is 0.407 e. The number of hydrogen-bond acceptors (Lipinski definition) is 7. The number of nitrogens with zero attached hydrogens (tertiary/aromatic N) is 1. The molecule has 46 heavy (non-hydrogen) atoms. The summed E-state index contributed by atoms with van der Waals surface area (Å²) in [7, 11) is 0. The van der Waals surface area contributed by atoms with Crippen molar-refractivity contribution < 1.29 is 29.0 Å². The van der Waals surface area contributed by atoms with Crippen molar-refractivity contribution in [2.24, 2.45) is 0 Å². The third-order valence-electron chi connectivity index (χ3n) is 7.09. The number of carboxylic acid groups (broad SMARTS) is 1. The van der Waals surface area contributed by atoms with Gasteiger partial charge >= 0.3 is 12.1 Å². The highest BCUT2D eigenvalue weighted by Crippen LogP contribution is 2.24. The van der Waals surface area contributed by atoms with E-state index in [9.17, 15) is 24.3 Å². The lowest BCUT2D eigenvalue weighted by Crippen LogP contribution is -2.48. The fourth-order valence-electron chi connectivity index (χ4n) is 4.72. The van der Waals surface area contributed by atoms with Gasteiger partial charge in [-0.05, 0) is 60.9 Å². The first kappa shape index (κ1) is 35.3. The van der Waals surface area contributed by atoms with E-state index in [-0.39, 0.29) is 25.4 Å². The normalized spacial score (nSPS) is 11.8. The molecule has 244 valence electrons. The number of aliphatic carboxylic acids is 1. The maximum absolute atomic E-state index is 13.5. The number of carbonyl (C=O) groups excluding carboxylic acids is 3. The van der Waals surface area contributed by atoms with Gasteiger partial charge in [0.1, 0.15) is 18.5 Å². The third-order valence-corrected chi connectivity index (χ3v) is 7.09. The van der Waals surface area contributed by atoms with Crippen molar-refractivity contribution in [3.63, 3.8) is 0 Å². The third kappa shape index (κ3) is 13.2. The summed E-state index contributed by atoms with van der Waals surface area (Å²) >= 11 is 0. The number of carboxylic acids is 1. The predicted octanol–water partition coefficient (Wildman–Crippen LogP) is 5.23. The van der Waals surface area contributed by atoms with Crippen LogP contribution in [0.3, 0.4) is 0 Å². The van der Waals surface area contributed by atoms with E-state index in [0.717, 1.165) is 23.4 Å². The Hall–Kier alpha value is -5.19. The molecule has 3 amide bonds. The van der Waals surface area contributed by atoms with Gasteiger partial charge in [0.25, 0.3) is 0 Å². The molecule has 2 aromatic carbocycles. The standard InChI is InChI=1S/C35H43N5O6/c1-2-24-46-35(45)38-23-9-6-14-29(39-32(41)16-8-11-22-37-31-15-7-10-21-36-31)34(44)40-30(25-33(42)43)28-19-17-27(18-20-28)26-12-4-3-5-13-26/h2-5,7,10,12-13,15,17-21,29-30H,1,6,8-9,11,14,16,22-25H2,(H,36,37)(H,38,45)(H,39,41)(H,40,44)(H,42,43)/t29-,30?/m0/s1. The summed E-state index contributed by atoms with van der Waals surface area (Å²) in [5.41, 5.74) is 2.63. The number of ether oxygens (including phenoxy) is 1. The predicted molar refractivity (Wildman–Crippen MR) is 177 cm³/mol. The van der Waals surface area contributed by atoms with Crippen LogP contribution in [0.5, 0.6) is 0 Å². The molecule has 11 nitrogen and oxygen atoms in total. The van der Waals surface area contributed by atoms with E-state index in [2.05, 4.69) is 32.8 Å². The van der Waals surface area contributed by atoms with Gasteiger partial charge in [0, 0.05) is 25.7 Å². The highest BCUT2D eigenvalue weighted by atomic mass is 16.5. The Kier molecular flexibility index (Phi) is 15.3. The molecule has 0 saturated carbocycles. The van der Waals surface area contributed by atoms with Gasteiger partial charge in [-0.1, -0.05) is 73.3 Å². The molecule has 0 radical (unpaired) electrons. The summed E-state index contributed by atoms with van der Waals surface area (Å²) in [6.07, 6.45) is 5.21. The molecular formula is C35H43N5O6. The maximum atomic E-state index is 13.5. The van der Waals surface area contributed by atoms with Crippen molar-refractivity contribution in [1.29, 1.82) is 0 Å². The topological polar surface area (TPSA) is 159 Å². The van der Waals surface area contributed by atoms with E-state index in [4.69, 9.17) is 4.74 Å². The van der Waals surface area contributed by atoms with Crippen LogP contribution in [0.2, 0.25) is 0 Å². The molecule has 1 heterocycles. The Bertz CT molecular complexity index is 1390. The Morgan fingerprint density at radius 1 is 0.848 bits per heavy atom. The molecule has 0 spiro atoms. The smallest absolute Gasteiger partial charge is 0.407 e. The quantitative estimate of drug-likeness (QED) is 0.0840. The van der Waals surface area contributed by atoms with Crippen LogP contribution in [0.15, 0.2) is 91.6 Å². The molecule has 0 aliphatic carbocycles. The lowest BCUT2D eigenvalue weighted by atomic mass is 9.98. The van der Waals surface area contributed by atoms with Crippen molar-refractivity contribution in [1.82, 2.24) is 20.9 Å². The minimum atomic E-state index is -1.06. The fourth-order valence-corrected chi connectivity index (χ4v) is 4.72. The zero-order chi connectivity index (χ0) is 33.0. The number of rotatable bonds is 20. The molecule has 1 unspecified atom stereocenters. The van der Waals surface area contributed by atoms with Crippen LogP contribution < -0.4 is 21.3 Å². The molecule has 1 aromatic heterocycles. The van der Waals surface area contributed by atoms with Crippen molar-refractivity contribution in [2.45, 2.75) is 57.0 Å². The number of unbranched alkanes of at least 4 members (excludes halogenated alkanes) is 2. The van der Waals surface area contributed by atoms with E-state index in [0.29, 0.717) is 44.3 Å². The largest absolute Gasteiger partial charge is 0.481 e. The summed E-state index contributed by atoms with van der Waals surface area (Å²) in [6.45, 7) is 4.58. The molecule has 5 N–H and O–H groups in total. The Morgan fingerprint density at radius 2 is 1.57 bits per heavy atom. The molecule has 0 fully saturated rings. The van der Waals surface area contributed by atoms with Crippen LogP contribution in [-0.4, -0.2) is 59.7 Å². The van der Waals surface area contributed by atoms with Crippen molar-refractivity contribution in [3.8, 4) is 11.1 Å². The van der Waals surface area contributed by atoms with Gasteiger partial charge in [-0.15, -0.1) is 0 Å². The van der Waals surface area contributed by atoms with Crippen LogP contribution in [0.1, 0.15) is 56.6 Å². The number of amides is 3. The highest BCUT2D eigenvalue weighted by Gasteiger charge is 2.25. The van der Waals surface area contributed by atoms with E-state index in [1.54, 1.807) is 18.3 Å². The Morgan fingerprint density at radius 3 is 2.26 bits per heavy atom. The average Bonchev–Trinajstić information content (AvgIpc) is 3.07. The summed E-state index contributed by atoms with van der Waals surface area (Å²) in [6, 6.07) is 21.1. The van der Waals surface area contributed by atoms with Crippen molar-refractivity contribution in [2.75, 3.05) is 25.0 Å². The Balaban J connectivity index is 1.60. The minimum absolute atomic E-state index is 0.103. The van der Waals surface area contributed by atoms with Crippen molar-refractivity contribution >= 4 is 29.7 Å². The number of alkyl carbamates (subject to hydrolysis) is 1. The average molecular weight is 630 g/mol.